The van der Waals surface area contributed by atoms with Gasteiger partial charge in [0.15, 0.2) is 5.82 Å². The molecule has 1 fully saturated rings. The number of nitrogens with zero attached hydrogens (tertiary/aromatic N) is 6. The van der Waals surface area contributed by atoms with Crippen molar-refractivity contribution in [2.45, 2.75) is 58.4 Å². The number of hydrogen-bond donors (Lipinski definition) is 0. The van der Waals surface area contributed by atoms with Crippen LogP contribution < -0.4 is 4.90 Å². The Kier molecular flexibility index (Phi) is 6.92. The number of piperidine rings is 1. The molecule has 0 saturated carbocycles. The number of likely N-dealkylation sites (tertiary alicyclic amines) is 1. The molecular formula is C32H34N6O2. The summed E-state index contributed by atoms with van der Waals surface area (Å²) in [4.78, 5) is 38.0. The van der Waals surface area contributed by atoms with E-state index < -0.39 is 0 Å². The first-order valence-electron chi connectivity index (χ1n) is 14.0. The molecule has 4 aromatic rings. The fourth-order valence-electron chi connectivity index (χ4n) is 5.77. The summed E-state index contributed by atoms with van der Waals surface area (Å²) in [5.74, 6) is 2.11. The van der Waals surface area contributed by atoms with Gasteiger partial charge in [0.1, 0.15) is 5.82 Å². The SMILES string of the molecule is CC(=O)N1CCCC(c2ccn(-c3ccc(CN4C(=O)Cc5cnc(-c6ccccc6C(C)C)nc54)cc3)n2)C1. The smallest absolute Gasteiger partial charge is 0.233 e. The molecule has 6 rings (SSSR count). The molecule has 4 heterocycles. The molecule has 2 amide bonds. The molecule has 204 valence electrons. The van der Waals surface area contributed by atoms with Gasteiger partial charge in [0.25, 0.3) is 0 Å². The standard InChI is InChI=1S/C32H34N6O2/c1-21(2)27-8-4-5-9-28(27)31-33-18-25-17-30(40)37(32(25)34-31)19-23-10-12-26(13-11-23)38-16-14-29(35-38)24-7-6-15-36(20-24)22(3)39/h4-5,8-14,16,18,21,24H,6-7,15,17,19-20H2,1-3H3. The van der Waals surface area contributed by atoms with Crippen molar-refractivity contribution in [1.82, 2.24) is 24.6 Å². The Bertz CT molecular complexity index is 1560. The van der Waals surface area contributed by atoms with Crippen LogP contribution in [0.5, 0.6) is 0 Å². The number of benzene rings is 2. The van der Waals surface area contributed by atoms with Gasteiger partial charge in [-0.25, -0.2) is 14.6 Å². The maximum atomic E-state index is 13.0. The second kappa shape index (κ2) is 10.7. The summed E-state index contributed by atoms with van der Waals surface area (Å²) in [6.45, 7) is 7.96. The normalized spacial score (nSPS) is 17.0. The number of carbonyl (C=O) groups is 2. The molecule has 0 bridgehead atoms. The molecule has 2 aliphatic heterocycles. The molecule has 2 aliphatic rings. The van der Waals surface area contributed by atoms with E-state index in [1.807, 2.05) is 58.2 Å². The van der Waals surface area contributed by atoms with Crippen LogP contribution in [-0.4, -0.2) is 49.6 Å². The summed E-state index contributed by atoms with van der Waals surface area (Å²) < 4.78 is 1.88. The van der Waals surface area contributed by atoms with Crippen LogP contribution in [0.15, 0.2) is 67.0 Å². The van der Waals surface area contributed by atoms with E-state index in [9.17, 15) is 9.59 Å². The van der Waals surface area contributed by atoms with Gasteiger partial charge in [0, 0.05) is 49.5 Å². The lowest BCUT2D eigenvalue weighted by molar-refractivity contribution is -0.130. The minimum Gasteiger partial charge on any atom is -0.342 e. The van der Waals surface area contributed by atoms with Gasteiger partial charge in [-0.05, 0) is 48.1 Å². The number of aromatic nitrogens is 4. The van der Waals surface area contributed by atoms with Crippen LogP contribution in [-0.2, 0) is 22.6 Å². The summed E-state index contributed by atoms with van der Waals surface area (Å²) >= 11 is 0. The van der Waals surface area contributed by atoms with Crippen molar-refractivity contribution in [3.05, 3.63) is 89.4 Å². The van der Waals surface area contributed by atoms with Crippen LogP contribution >= 0.6 is 0 Å². The lowest BCUT2D eigenvalue weighted by Crippen LogP contribution is -2.37. The predicted molar refractivity (Wildman–Crippen MR) is 154 cm³/mol. The molecule has 0 radical (unpaired) electrons. The Morgan fingerprint density at radius 2 is 1.88 bits per heavy atom. The maximum absolute atomic E-state index is 13.0. The van der Waals surface area contributed by atoms with Gasteiger partial charge >= 0.3 is 0 Å². The van der Waals surface area contributed by atoms with E-state index in [0.717, 1.165) is 54.0 Å². The van der Waals surface area contributed by atoms with Crippen molar-refractivity contribution >= 4 is 17.6 Å². The third kappa shape index (κ3) is 5.01. The first-order chi connectivity index (χ1) is 19.4. The average Bonchev–Trinajstić information content (AvgIpc) is 3.58. The predicted octanol–water partition coefficient (Wildman–Crippen LogP) is 5.27. The highest BCUT2D eigenvalue weighted by Crippen LogP contribution is 2.33. The van der Waals surface area contributed by atoms with Gasteiger partial charge in [-0.15, -0.1) is 0 Å². The minimum absolute atomic E-state index is 0.0338. The maximum Gasteiger partial charge on any atom is 0.233 e. The molecule has 2 aromatic heterocycles. The zero-order chi connectivity index (χ0) is 27.8. The lowest BCUT2D eigenvalue weighted by atomic mass is 9.95. The zero-order valence-corrected chi connectivity index (χ0v) is 23.2. The number of rotatable bonds is 6. The molecule has 1 unspecified atom stereocenters. The van der Waals surface area contributed by atoms with Crippen LogP contribution in [0.1, 0.15) is 67.8 Å². The van der Waals surface area contributed by atoms with Crippen LogP contribution in [0.4, 0.5) is 5.82 Å². The molecule has 8 nitrogen and oxygen atoms in total. The first kappa shape index (κ1) is 25.9. The molecule has 1 saturated heterocycles. The van der Waals surface area contributed by atoms with Gasteiger partial charge in [-0.1, -0.05) is 50.2 Å². The summed E-state index contributed by atoms with van der Waals surface area (Å²) in [6.07, 6.45) is 6.13. The highest BCUT2D eigenvalue weighted by Gasteiger charge is 2.30. The Morgan fingerprint density at radius 3 is 2.65 bits per heavy atom. The zero-order valence-electron chi connectivity index (χ0n) is 23.2. The topological polar surface area (TPSA) is 84.2 Å². The Balaban J connectivity index is 1.19. The third-order valence-electron chi connectivity index (χ3n) is 8.00. The third-order valence-corrected chi connectivity index (χ3v) is 8.00. The van der Waals surface area contributed by atoms with Crippen molar-refractivity contribution in [3.63, 3.8) is 0 Å². The van der Waals surface area contributed by atoms with Gasteiger partial charge in [0.05, 0.1) is 24.3 Å². The van der Waals surface area contributed by atoms with E-state index in [4.69, 9.17) is 10.1 Å². The Labute approximate surface area is 234 Å². The minimum atomic E-state index is 0.0338. The Morgan fingerprint density at radius 1 is 1.07 bits per heavy atom. The molecule has 0 spiro atoms. The number of hydrogen-bond acceptors (Lipinski definition) is 5. The van der Waals surface area contributed by atoms with E-state index >= 15 is 0 Å². The average molecular weight is 535 g/mol. The molecule has 0 N–H and O–H groups in total. The second-order valence-electron chi connectivity index (χ2n) is 11.1. The fraction of sp³-hybridized carbons (Fsp3) is 0.344. The summed E-state index contributed by atoms with van der Waals surface area (Å²) in [5.41, 5.74) is 6.05. The quantitative estimate of drug-likeness (QED) is 0.337. The van der Waals surface area contributed by atoms with Crippen molar-refractivity contribution < 1.29 is 9.59 Å². The summed E-state index contributed by atoms with van der Waals surface area (Å²) in [5, 5.41) is 4.83. The molecule has 40 heavy (non-hydrogen) atoms. The number of anilines is 1. The second-order valence-corrected chi connectivity index (χ2v) is 11.1. The van der Waals surface area contributed by atoms with Crippen molar-refractivity contribution in [2.75, 3.05) is 18.0 Å². The van der Waals surface area contributed by atoms with Crippen LogP contribution in [0.25, 0.3) is 17.1 Å². The number of carbonyl (C=O) groups excluding carboxylic acids is 2. The highest BCUT2D eigenvalue weighted by molar-refractivity contribution is 6.00. The molecular weight excluding hydrogens is 500 g/mol. The largest absolute Gasteiger partial charge is 0.342 e. The molecule has 1 atom stereocenters. The van der Waals surface area contributed by atoms with Gasteiger partial charge in [-0.2, -0.15) is 5.10 Å². The van der Waals surface area contributed by atoms with Gasteiger partial charge < -0.3 is 4.90 Å². The van der Waals surface area contributed by atoms with E-state index in [2.05, 4.69) is 31.0 Å². The monoisotopic (exact) mass is 534 g/mol. The number of fused-ring (bicyclic) bond motifs is 1. The van der Waals surface area contributed by atoms with Gasteiger partial charge in [-0.3, -0.25) is 14.5 Å². The first-order valence-corrected chi connectivity index (χ1v) is 14.0. The van der Waals surface area contributed by atoms with E-state index in [-0.39, 0.29) is 17.7 Å². The Hall–Kier alpha value is -4.33. The van der Waals surface area contributed by atoms with Crippen LogP contribution in [0.3, 0.4) is 0 Å². The summed E-state index contributed by atoms with van der Waals surface area (Å²) in [6, 6.07) is 18.4. The fourth-order valence-corrected chi connectivity index (χ4v) is 5.77. The van der Waals surface area contributed by atoms with Gasteiger partial charge in [0.2, 0.25) is 11.8 Å². The number of amides is 2. The molecule has 8 heteroatoms. The lowest BCUT2D eigenvalue weighted by Gasteiger charge is -2.31. The van der Waals surface area contributed by atoms with Crippen molar-refractivity contribution in [2.24, 2.45) is 0 Å². The van der Waals surface area contributed by atoms with E-state index in [0.29, 0.717) is 30.5 Å². The van der Waals surface area contributed by atoms with Crippen LogP contribution in [0, 0.1) is 0 Å². The molecule has 0 aliphatic carbocycles. The molecule has 2 aromatic carbocycles. The summed E-state index contributed by atoms with van der Waals surface area (Å²) in [7, 11) is 0. The van der Waals surface area contributed by atoms with E-state index in [1.165, 1.54) is 5.56 Å². The van der Waals surface area contributed by atoms with Crippen molar-refractivity contribution in [3.8, 4) is 17.1 Å². The van der Waals surface area contributed by atoms with Crippen molar-refractivity contribution in [1.29, 1.82) is 0 Å². The van der Waals surface area contributed by atoms with E-state index in [1.54, 1.807) is 18.0 Å². The highest BCUT2D eigenvalue weighted by atomic mass is 16.2. The van der Waals surface area contributed by atoms with Crippen LogP contribution in [0.2, 0.25) is 0 Å².